The Hall–Kier alpha value is -2.67. The third-order valence-electron chi connectivity index (χ3n) is 2.35. The summed E-state index contributed by atoms with van der Waals surface area (Å²) in [4.78, 5) is 24.3. The molecule has 0 bridgehead atoms. The molecule has 20 heavy (non-hydrogen) atoms. The molecule has 7 nitrogen and oxygen atoms in total. The van der Waals surface area contributed by atoms with Gasteiger partial charge in [-0.15, -0.1) is 0 Å². The van der Waals surface area contributed by atoms with Crippen LogP contribution in [0.4, 0.5) is 5.69 Å². The van der Waals surface area contributed by atoms with Crippen molar-refractivity contribution in [2.45, 2.75) is 12.8 Å². The Bertz CT molecular complexity index is 601. The van der Waals surface area contributed by atoms with Crippen molar-refractivity contribution in [1.82, 2.24) is 10.5 Å². The number of amides is 2. The van der Waals surface area contributed by atoms with Crippen molar-refractivity contribution in [3.63, 3.8) is 0 Å². The highest BCUT2D eigenvalue weighted by molar-refractivity contribution is 5.82. The minimum Gasteiger partial charge on any atom is -0.399 e. The van der Waals surface area contributed by atoms with E-state index in [4.69, 9.17) is 16.7 Å². The summed E-state index contributed by atoms with van der Waals surface area (Å²) < 4.78 is 0. The van der Waals surface area contributed by atoms with Gasteiger partial charge in [0, 0.05) is 30.1 Å². The highest BCUT2D eigenvalue weighted by atomic mass is 16.5. The zero-order chi connectivity index (χ0) is 15.0. The third kappa shape index (κ3) is 5.32. The third-order valence-corrected chi connectivity index (χ3v) is 2.35. The van der Waals surface area contributed by atoms with E-state index in [1.807, 2.05) is 30.3 Å². The van der Waals surface area contributed by atoms with Gasteiger partial charge in [-0.25, -0.2) is 5.48 Å². The molecule has 1 aromatic heterocycles. The number of carbonyl (C=O) groups is 2. The molecule has 0 unspecified atom stereocenters. The molecule has 7 heteroatoms. The average molecular weight is 276 g/mol. The summed E-state index contributed by atoms with van der Waals surface area (Å²) in [6.45, 7) is 0. The Balaban J connectivity index is 0.000000206. The Morgan fingerprint density at radius 2 is 2.00 bits per heavy atom. The SMILES string of the molecule is NC(=O)CCC(=O)NO.Nc1ccc2ncccc2c1. The number of nitrogen functional groups attached to an aromatic ring is 1. The second-order valence-corrected chi connectivity index (χ2v) is 3.96. The Morgan fingerprint density at radius 3 is 2.65 bits per heavy atom. The summed E-state index contributed by atoms with van der Waals surface area (Å²) in [6, 6.07) is 9.60. The van der Waals surface area contributed by atoms with Gasteiger partial charge in [0.2, 0.25) is 11.8 Å². The van der Waals surface area contributed by atoms with Crippen LogP contribution in [0.15, 0.2) is 36.5 Å². The molecule has 2 amide bonds. The normalized spacial score (nSPS) is 9.45. The van der Waals surface area contributed by atoms with Crippen molar-refractivity contribution in [3.8, 4) is 0 Å². The van der Waals surface area contributed by atoms with Crippen LogP contribution in [-0.2, 0) is 9.59 Å². The lowest BCUT2D eigenvalue weighted by Crippen LogP contribution is -2.21. The van der Waals surface area contributed by atoms with Crippen molar-refractivity contribution in [2.75, 3.05) is 5.73 Å². The fourth-order valence-corrected chi connectivity index (χ4v) is 1.39. The molecule has 1 aromatic carbocycles. The van der Waals surface area contributed by atoms with Crippen molar-refractivity contribution >= 4 is 28.4 Å². The van der Waals surface area contributed by atoms with Crippen molar-refractivity contribution in [2.24, 2.45) is 5.73 Å². The first-order valence-electron chi connectivity index (χ1n) is 5.84. The predicted molar refractivity (Wildman–Crippen MR) is 74.5 cm³/mol. The number of fused-ring (bicyclic) bond motifs is 1. The summed E-state index contributed by atoms with van der Waals surface area (Å²) in [6.07, 6.45) is 1.68. The molecule has 2 aromatic rings. The smallest absolute Gasteiger partial charge is 0.243 e. The number of hydrogen-bond donors (Lipinski definition) is 4. The van der Waals surface area contributed by atoms with E-state index in [2.05, 4.69) is 4.98 Å². The molecule has 0 spiro atoms. The fraction of sp³-hybridized carbons (Fsp3) is 0.154. The second-order valence-electron chi connectivity index (χ2n) is 3.96. The van der Waals surface area contributed by atoms with Gasteiger partial charge in [-0.05, 0) is 24.3 Å². The molecule has 0 atom stereocenters. The van der Waals surface area contributed by atoms with Gasteiger partial charge >= 0.3 is 0 Å². The first-order chi connectivity index (χ1) is 9.52. The van der Waals surface area contributed by atoms with E-state index in [0.717, 1.165) is 16.6 Å². The molecule has 0 radical (unpaired) electrons. The quantitative estimate of drug-likeness (QED) is 0.370. The molecule has 0 aliphatic rings. The summed E-state index contributed by atoms with van der Waals surface area (Å²) in [5.41, 5.74) is 13.4. The minimum atomic E-state index is -0.603. The predicted octanol–water partition coefficient (Wildman–Crippen LogP) is 0.574. The fourth-order valence-electron chi connectivity index (χ4n) is 1.39. The number of nitrogens with zero attached hydrogens (tertiary/aromatic N) is 1. The lowest BCUT2D eigenvalue weighted by molar-refractivity contribution is -0.131. The second kappa shape index (κ2) is 7.70. The van der Waals surface area contributed by atoms with E-state index in [0.29, 0.717) is 0 Å². The molecule has 106 valence electrons. The highest BCUT2D eigenvalue weighted by Crippen LogP contribution is 2.13. The van der Waals surface area contributed by atoms with Gasteiger partial charge in [0.1, 0.15) is 0 Å². The topological polar surface area (TPSA) is 131 Å². The van der Waals surface area contributed by atoms with Crippen molar-refractivity contribution < 1.29 is 14.8 Å². The molecule has 0 aliphatic carbocycles. The standard InChI is InChI=1S/C9H8N2.C4H8N2O3/c10-8-3-4-9-7(6-8)2-1-5-11-9;5-3(7)1-2-4(8)6-9/h1-6H,10H2;9H,1-2H2,(H2,5,7)(H,6,8). The van der Waals surface area contributed by atoms with Crippen LogP contribution in [0.25, 0.3) is 10.9 Å². The lowest BCUT2D eigenvalue weighted by Gasteiger charge is -1.96. The molecule has 0 fully saturated rings. The van der Waals surface area contributed by atoms with Crippen LogP contribution in [0.3, 0.4) is 0 Å². The molecular formula is C13H16N4O3. The number of carbonyl (C=O) groups excluding carboxylic acids is 2. The highest BCUT2D eigenvalue weighted by Gasteiger charge is 2.00. The van der Waals surface area contributed by atoms with Crippen LogP contribution in [0, 0.1) is 0 Å². The minimum absolute atomic E-state index is 0.0353. The number of benzene rings is 1. The maximum atomic E-state index is 10.1. The molecule has 0 saturated heterocycles. The van der Waals surface area contributed by atoms with E-state index in [1.54, 1.807) is 6.20 Å². The molecule has 0 aliphatic heterocycles. The van der Waals surface area contributed by atoms with Crippen LogP contribution >= 0.6 is 0 Å². The Labute approximate surface area is 115 Å². The van der Waals surface area contributed by atoms with Gasteiger partial charge in [0.05, 0.1) is 5.52 Å². The van der Waals surface area contributed by atoms with Crippen LogP contribution in [0.2, 0.25) is 0 Å². The zero-order valence-corrected chi connectivity index (χ0v) is 10.7. The van der Waals surface area contributed by atoms with Gasteiger partial charge in [0.25, 0.3) is 0 Å². The van der Waals surface area contributed by atoms with E-state index >= 15 is 0 Å². The first kappa shape index (κ1) is 15.4. The van der Waals surface area contributed by atoms with Crippen LogP contribution in [0.1, 0.15) is 12.8 Å². The first-order valence-corrected chi connectivity index (χ1v) is 5.84. The molecular weight excluding hydrogens is 260 g/mol. The van der Waals surface area contributed by atoms with Crippen molar-refractivity contribution in [3.05, 3.63) is 36.5 Å². The summed E-state index contributed by atoms with van der Waals surface area (Å²) >= 11 is 0. The van der Waals surface area contributed by atoms with Crippen LogP contribution < -0.4 is 16.9 Å². The maximum Gasteiger partial charge on any atom is 0.243 e. The van der Waals surface area contributed by atoms with Gasteiger partial charge in [-0.2, -0.15) is 0 Å². The molecule has 0 saturated carbocycles. The number of rotatable bonds is 3. The summed E-state index contributed by atoms with van der Waals surface area (Å²) in [7, 11) is 0. The monoisotopic (exact) mass is 276 g/mol. The van der Waals surface area contributed by atoms with Gasteiger partial charge < -0.3 is 11.5 Å². The number of anilines is 1. The number of hydrogen-bond acceptors (Lipinski definition) is 5. The van der Waals surface area contributed by atoms with E-state index in [9.17, 15) is 9.59 Å². The van der Waals surface area contributed by atoms with Crippen molar-refractivity contribution in [1.29, 1.82) is 0 Å². The molecule has 6 N–H and O–H groups in total. The number of pyridine rings is 1. The molecule has 2 rings (SSSR count). The van der Waals surface area contributed by atoms with Gasteiger partial charge in [0.15, 0.2) is 0 Å². The number of nitrogens with two attached hydrogens (primary N) is 2. The maximum absolute atomic E-state index is 10.1. The number of nitrogens with one attached hydrogen (secondary N) is 1. The van der Waals surface area contributed by atoms with E-state index in [1.165, 1.54) is 5.48 Å². The summed E-state index contributed by atoms with van der Waals surface area (Å²) in [5.74, 6) is -1.16. The number of aromatic nitrogens is 1. The van der Waals surface area contributed by atoms with Crippen LogP contribution in [-0.4, -0.2) is 22.0 Å². The van der Waals surface area contributed by atoms with Gasteiger partial charge in [-0.1, -0.05) is 6.07 Å². The Kier molecular flexibility index (Phi) is 5.92. The van der Waals surface area contributed by atoms with E-state index < -0.39 is 11.8 Å². The van der Waals surface area contributed by atoms with Crippen LogP contribution in [0.5, 0.6) is 0 Å². The zero-order valence-electron chi connectivity index (χ0n) is 10.7. The lowest BCUT2D eigenvalue weighted by atomic mass is 10.2. The number of hydroxylamine groups is 1. The Morgan fingerprint density at radius 1 is 1.25 bits per heavy atom. The van der Waals surface area contributed by atoms with E-state index in [-0.39, 0.29) is 12.8 Å². The average Bonchev–Trinajstić information content (AvgIpc) is 2.45. The largest absolute Gasteiger partial charge is 0.399 e. The summed E-state index contributed by atoms with van der Waals surface area (Å²) in [5, 5.41) is 8.99. The molecule has 1 heterocycles. The van der Waals surface area contributed by atoms with Gasteiger partial charge in [-0.3, -0.25) is 19.8 Å². The number of primary amides is 1.